The van der Waals surface area contributed by atoms with Crippen LogP contribution in [-0.4, -0.2) is 30.3 Å². The van der Waals surface area contributed by atoms with E-state index in [0.717, 1.165) is 19.3 Å². The number of ether oxygens (including phenoxy) is 2. The van der Waals surface area contributed by atoms with Gasteiger partial charge in [0.05, 0.1) is 0 Å². The standard InChI is InChI=1S/C20H39NO4/c1-15(20(8,9)18(2,3)4)24-16(22)13-11-10-12-14-21-17(23)25-19(5,6)7/h15H,10-14H2,1-9H3,(H,21,23). The zero-order valence-corrected chi connectivity index (χ0v) is 17.7. The van der Waals surface area contributed by atoms with Crippen LogP contribution in [0.2, 0.25) is 0 Å². The van der Waals surface area contributed by atoms with Crippen molar-refractivity contribution in [1.29, 1.82) is 0 Å². The molecule has 25 heavy (non-hydrogen) atoms. The highest BCUT2D eigenvalue weighted by molar-refractivity contribution is 5.69. The van der Waals surface area contributed by atoms with Crippen LogP contribution in [0.4, 0.5) is 4.79 Å². The van der Waals surface area contributed by atoms with Crippen LogP contribution in [0.5, 0.6) is 0 Å². The lowest BCUT2D eigenvalue weighted by atomic mass is 9.66. The van der Waals surface area contributed by atoms with Crippen LogP contribution in [0.15, 0.2) is 0 Å². The molecule has 1 atom stereocenters. The van der Waals surface area contributed by atoms with E-state index >= 15 is 0 Å². The van der Waals surface area contributed by atoms with Gasteiger partial charge in [0, 0.05) is 18.4 Å². The van der Waals surface area contributed by atoms with Gasteiger partial charge in [-0.15, -0.1) is 0 Å². The summed E-state index contributed by atoms with van der Waals surface area (Å²) in [7, 11) is 0. The van der Waals surface area contributed by atoms with Crippen molar-refractivity contribution in [3.63, 3.8) is 0 Å². The van der Waals surface area contributed by atoms with Gasteiger partial charge in [0.1, 0.15) is 11.7 Å². The first kappa shape index (κ1) is 23.7. The molecule has 0 aliphatic heterocycles. The third-order valence-electron chi connectivity index (χ3n) is 4.98. The number of carbonyl (C=O) groups is 2. The second kappa shape index (κ2) is 9.44. The molecular formula is C20H39NO4. The zero-order chi connectivity index (χ0) is 19.9. The lowest BCUT2D eigenvalue weighted by Gasteiger charge is -2.42. The average Bonchev–Trinajstić information content (AvgIpc) is 2.39. The topological polar surface area (TPSA) is 64.6 Å². The van der Waals surface area contributed by atoms with E-state index in [2.05, 4.69) is 39.9 Å². The van der Waals surface area contributed by atoms with Gasteiger partial charge < -0.3 is 14.8 Å². The quantitative estimate of drug-likeness (QED) is 0.486. The molecule has 1 amide bonds. The molecule has 0 radical (unpaired) electrons. The number of unbranched alkanes of at least 4 members (excludes halogenated alkanes) is 2. The fourth-order valence-electron chi connectivity index (χ4n) is 2.09. The number of alkyl carbamates (subject to hydrolysis) is 1. The minimum Gasteiger partial charge on any atom is -0.462 e. The maximum absolute atomic E-state index is 12.0. The first-order valence-electron chi connectivity index (χ1n) is 9.33. The molecule has 0 heterocycles. The van der Waals surface area contributed by atoms with Gasteiger partial charge in [-0.05, 0) is 46.0 Å². The number of rotatable bonds is 8. The fraction of sp³-hybridized carbons (Fsp3) is 0.900. The third kappa shape index (κ3) is 9.71. The normalized spacial score (nSPS) is 14.0. The summed E-state index contributed by atoms with van der Waals surface area (Å²) in [5, 5.41) is 2.72. The van der Waals surface area contributed by atoms with Crippen LogP contribution < -0.4 is 5.32 Å². The Morgan fingerprint density at radius 1 is 0.920 bits per heavy atom. The van der Waals surface area contributed by atoms with Crippen LogP contribution in [0, 0.1) is 10.8 Å². The Labute approximate surface area is 154 Å². The lowest BCUT2D eigenvalue weighted by Crippen LogP contribution is -2.41. The Kier molecular flexibility index (Phi) is 8.97. The van der Waals surface area contributed by atoms with Gasteiger partial charge in [-0.1, -0.05) is 41.0 Å². The van der Waals surface area contributed by atoms with Crippen molar-refractivity contribution in [2.24, 2.45) is 10.8 Å². The molecule has 0 saturated carbocycles. The summed E-state index contributed by atoms with van der Waals surface area (Å²) in [6.07, 6.45) is 2.32. The van der Waals surface area contributed by atoms with E-state index in [1.165, 1.54) is 0 Å². The molecule has 5 nitrogen and oxygen atoms in total. The molecule has 148 valence electrons. The van der Waals surface area contributed by atoms with E-state index < -0.39 is 11.7 Å². The number of esters is 1. The summed E-state index contributed by atoms with van der Waals surface area (Å²) < 4.78 is 10.8. The minimum atomic E-state index is -0.481. The maximum atomic E-state index is 12.0. The molecule has 1 unspecified atom stereocenters. The van der Waals surface area contributed by atoms with Crippen molar-refractivity contribution in [2.75, 3.05) is 6.54 Å². The molecule has 0 fully saturated rings. The number of hydrogen-bond acceptors (Lipinski definition) is 4. The monoisotopic (exact) mass is 357 g/mol. The molecule has 1 N–H and O–H groups in total. The molecule has 0 saturated heterocycles. The van der Waals surface area contributed by atoms with Gasteiger partial charge in [0.2, 0.25) is 0 Å². The van der Waals surface area contributed by atoms with E-state index in [-0.39, 0.29) is 22.9 Å². The van der Waals surface area contributed by atoms with Crippen LogP contribution in [0.25, 0.3) is 0 Å². The largest absolute Gasteiger partial charge is 0.462 e. The van der Waals surface area contributed by atoms with Gasteiger partial charge >= 0.3 is 12.1 Å². The molecule has 0 aromatic rings. The van der Waals surface area contributed by atoms with E-state index in [4.69, 9.17) is 9.47 Å². The van der Waals surface area contributed by atoms with Gasteiger partial charge in [-0.2, -0.15) is 0 Å². The Balaban J connectivity index is 3.94. The highest BCUT2D eigenvalue weighted by atomic mass is 16.6. The molecule has 0 aliphatic carbocycles. The summed E-state index contributed by atoms with van der Waals surface area (Å²) in [4.78, 5) is 23.5. The Hall–Kier alpha value is -1.26. The third-order valence-corrected chi connectivity index (χ3v) is 4.98. The van der Waals surface area contributed by atoms with Crippen molar-refractivity contribution in [3.05, 3.63) is 0 Å². The van der Waals surface area contributed by atoms with E-state index in [1.54, 1.807) is 0 Å². The fourth-order valence-corrected chi connectivity index (χ4v) is 2.09. The first-order chi connectivity index (χ1) is 11.2. The first-order valence-corrected chi connectivity index (χ1v) is 9.33. The molecule has 5 heteroatoms. The maximum Gasteiger partial charge on any atom is 0.407 e. The summed E-state index contributed by atoms with van der Waals surface area (Å²) in [6.45, 7) is 18.8. The highest BCUT2D eigenvalue weighted by Crippen LogP contribution is 2.42. The van der Waals surface area contributed by atoms with E-state index in [0.29, 0.717) is 13.0 Å². The SMILES string of the molecule is CC(OC(=O)CCCCCNC(=O)OC(C)(C)C)C(C)(C)C(C)(C)C. The second-order valence-electron chi connectivity index (χ2n) is 9.34. The summed E-state index contributed by atoms with van der Waals surface area (Å²) >= 11 is 0. The van der Waals surface area contributed by atoms with Crippen molar-refractivity contribution in [3.8, 4) is 0 Å². The van der Waals surface area contributed by atoms with Gasteiger partial charge in [0.25, 0.3) is 0 Å². The average molecular weight is 358 g/mol. The summed E-state index contributed by atoms with van der Waals surface area (Å²) in [5.74, 6) is -0.148. The van der Waals surface area contributed by atoms with Gasteiger partial charge in [-0.25, -0.2) is 4.79 Å². The van der Waals surface area contributed by atoms with Crippen LogP contribution in [-0.2, 0) is 14.3 Å². The number of nitrogens with one attached hydrogen (secondary N) is 1. The van der Waals surface area contributed by atoms with E-state index in [9.17, 15) is 9.59 Å². The van der Waals surface area contributed by atoms with Crippen LogP contribution in [0.3, 0.4) is 0 Å². The molecule has 0 bridgehead atoms. The molecule has 0 spiro atoms. The number of amides is 1. The predicted octanol–water partition coefficient (Wildman–Crippen LogP) is 5.08. The van der Waals surface area contributed by atoms with Gasteiger partial charge in [-0.3, -0.25) is 4.79 Å². The molecular weight excluding hydrogens is 318 g/mol. The summed E-state index contributed by atoms with van der Waals surface area (Å²) in [6, 6.07) is 0. The van der Waals surface area contributed by atoms with Crippen LogP contribution >= 0.6 is 0 Å². The Morgan fingerprint density at radius 3 is 1.96 bits per heavy atom. The number of carbonyl (C=O) groups excluding carboxylic acids is 2. The van der Waals surface area contributed by atoms with Crippen molar-refractivity contribution in [2.45, 2.75) is 99.7 Å². The predicted molar refractivity (Wildman–Crippen MR) is 101 cm³/mol. The molecule has 0 aromatic carbocycles. The highest BCUT2D eigenvalue weighted by Gasteiger charge is 2.39. The van der Waals surface area contributed by atoms with Crippen molar-refractivity contribution >= 4 is 12.1 Å². The van der Waals surface area contributed by atoms with Gasteiger partial charge in [0.15, 0.2) is 0 Å². The van der Waals surface area contributed by atoms with E-state index in [1.807, 2.05) is 27.7 Å². The Bertz CT molecular complexity index is 430. The molecule has 0 rings (SSSR count). The number of hydrogen-bond donors (Lipinski definition) is 1. The van der Waals surface area contributed by atoms with Crippen molar-refractivity contribution < 1.29 is 19.1 Å². The lowest BCUT2D eigenvalue weighted by molar-refractivity contribution is -0.158. The molecule has 0 aliphatic rings. The van der Waals surface area contributed by atoms with Crippen molar-refractivity contribution in [1.82, 2.24) is 5.32 Å². The smallest absolute Gasteiger partial charge is 0.407 e. The summed E-state index contributed by atoms with van der Waals surface area (Å²) in [5.41, 5.74) is -0.522. The second-order valence-corrected chi connectivity index (χ2v) is 9.34. The Morgan fingerprint density at radius 2 is 1.48 bits per heavy atom. The zero-order valence-electron chi connectivity index (χ0n) is 17.7. The van der Waals surface area contributed by atoms with Crippen LogP contribution in [0.1, 0.15) is 88.0 Å². The molecule has 0 aromatic heterocycles. The minimum absolute atomic E-state index is 0.0556.